The van der Waals surface area contributed by atoms with Crippen molar-refractivity contribution < 1.29 is 0 Å². The zero-order valence-electron chi connectivity index (χ0n) is 10.4. The molecule has 1 fully saturated rings. The number of nitrogens with zero attached hydrogens (tertiary/aromatic N) is 2. The SMILES string of the molecule is CCN(CCn1ccccc1=O)C1CCNC1. The van der Waals surface area contributed by atoms with Gasteiger partial charge in [0, 0.05) is 37.9 Å². The Morgan fingerprint density at radius 2 is 2.41 bits per heavy atom. The van der Waals surface area contributed by atoms with Crippen molar-refractivity contribution in [2.75, 3.05) is 26.2 Å². The molecule has 0 aromatic carbocycles. The lowest BCUT2D eigenvalue weighted by Gasteiger charge is -2.26. The fraction of sp³-hybridized carbons (Fsp3) is 0.615. The highest BCUT2D eigenvalue weighted by Gasteiger charge is 2.20. The van der Waals surface area contributed by atoms with Crippen LogP contribution < -0.4 is 10.9 Å². The van der Waals surface area contributed by atoms with Gasteiger partial charge in [-0.05, 0) is 25.6 Å². The van der Waals surface area contributed by atoms with E-state index >= 15 is 0 Å². The lowest BCUT2D eigenvalue weighted by atomic mass is 10.2. The van der Waals surface area contributed by atoms with Gasteiger partial charge in [0.25, 0.3) is 5.56 Å². The normalized spacial score (nSPS) is 20.0. The molecule has 0 radical (unpaired) electrons. The molecule has 1 aromatic heterocycles. The molecular formula is C13H21N3O. The number of rotatable bonds is 5. The van der Waals surface area contributed by atoms with Crippen molar-refractivity contribution in [3.8, 4) is 0 Å². The smallest absolute Gasteiger partial charge is 0.250 e. The van der Waals surface area contributed by atoms with Crippen LogP contribution in [0, 0.1) is 0 Å². The Kier molecular flexibility index (Phi) is 4.34. The van der Waals surface area contributed by atoms with Crippen molar-refractivity contribution in [3.63, 3.8) is 0 Å². The van der Waals surface area contributed by atoms with Crippen LogP contribution in [0.5, 0.6) is 0 Å². The number of hydrogen-bond acceptors (Lipinski definition) is 3. The fourth-order valence-corrected chi connectivity index (χ4v) is 2.43. The molecule has 0 spiro atoms. The number of nitrogens with one attached hydrogen (secondary N) is 1. The molecule has 0 aliphatic carbocycles. The Bertz CT molecular complexity index is 396. The largest absolute Gasteiger partial charge is 0.315 e. The van der Waals surface area contributed by atoms with Gasteiger partial charge in [-0.1, -0.05) is 13.0 Å². The number of aromatic nitrogens is 1. The summed E-state index contributed by atoms with van der Waals surface area (Å²) in [4.78, 5) is 14.0. The fourth-order valence-electron chi connectivity index (χ4n) is 2.43. The van der Waals surface area contributed by atoms with E-state index in [1.54, 1.807) is 16.7 Å². The molecule has 4 nitrogen and oxygen atoms in total. The van der Waals surface area contributed by atoms with Crippen LogP contribution in [0.2, 0.25) is 0 Å². The van der Waals surface area contributed by atoms with Crippen LogP contribution in [-0.4, -0.2) is 41.7 Å². The minimum absolute atomic E-state index is 0.0908. The third-order valence-electron chi connectivity index (χ3n) is 3.48. The molecule has 2 rings (SSSR count). The molecular weight excluding hydrogens is 214 g/mol. The van der Waals surface area contributed by atoms with Gasteiger partial charge < -0.3 is 9.88 Å². The minimum Gasteiger partial charge on any atom is -0.315 e. The van der Waals surface area contributed by atoms with E-state index in [0.717, 1.165) is 32.7 Å². The highest BCUT2D eigenvalue weighted by atomic mass is 16.1. The second-order valence-corrected chi connectivity index (χ2v) is 4.51. The van der Waals surface area contributed by atoms with Gasteiger partial charge >= 0.3 is 0 Å². The van der Waals surface area contributed by atoms with Crippen LogP contribution in [0.15, 0.2) is 29.2 Å². The molecule has 1 unspecified atom stereocenters. The van der Waals surface area contributed by atoms with Gasteiger partial charge in [-0.25, -0.2) is 0 Å². The summed E-state index contributed by atoms with van der Waals surface area (Å²) in [5, 5.41) is 3.39. The Morgan fingerprint density at radius 1 is 1.53 bits per heavy atom. The van der Waals surface area contributed by atoms with Gasteiger partial charge in [0.2, 0.25) is 0 Å². The maximum absolute atomic E-state index is 11.6. The van der Waals surface area contributed by atoms with Gasteiger partial charge in [-0.3, -0.25) is 9.69 Å². The van der Waals surface area contributed by atoms with Crippen molar-refractivity contribution in [3.05, 3.63) is 34.7 Å². The van der Waals surface area contributed by atoms with Crippen LogP contribution in [-0.2, 0) is 6.54 Å². The maximum atomic E-state index is 11.6. The topological polar surface area (TPSA) is 37.3 Å². The van der Waals surface area contributed by atoms with Gasteiger partial charge in [-0.15, -0.1) is 0 Å². The first-order chi connectivity index (χ1) is 8.31. The summed E-state index contributed by atoms with van der Waals surface area (Å²) in [6, 6.07) is 5.96. The van der Waals surface area contributed by atoms with Gasteiger partial charge in [0.05, 0.1) is 0 Å². The zero-order chi connectivity index (χ0) is 12.1. The molecule has 1 aliphatic heterocycles. The minimum atomic E-state index is 0.0908. The molecule has 94 valence electrons. The van der Waals surface area contributed by atoms with E-state index in [-0.39, 0.29) is 5.56 Å². The maximum Gasteiger partial charge on any atom is 0.250 e. The average molecular weight is 235 g/mol. The van der Waals surface area contributed by atoms with Crippen molar-refractivity contribution in [1.29, 1.82) is 0 Å². The summed E-state index contributed by atoms with van der Waals surface area (Å²) >= 11 is 0. The first-order valence-corrected chi connectivity index (χ1v) is 6.41. The summed E-state index contributed by atoms with van der Waals surface area (Å²) in [5.74, 6) is 0. The van der Waals surface area contributed by atoms with Crippen molar-refractivity contribution in [1.82, 2.24) is 14.8 Å². The van der Waals surface area contributed by atoms with E-state index in [4.69, 9.17) is 0 Å². The molecule has 0 amide bonds. The Balaban J connectivity index is 1.91. The number of likely N-dealkylation sites (N-methyl/N-ethyl adjacent to an activating group) is 1. The van der Waals surface area contributed by atoms with Gasteiger partial charge in [0.15, 0.2) is 0 Å². The van der Waals surface area contributed by atoms with E-state index in [2.05, 4.69) is 17.1 Å². The van der Waals surface area contributed by atoms with E-state index in [0.29, 0.717) is 6.04 Å². The Hall–Kier alpha value is -1.13. The summed E-state index contributed by atoms with van der Waals surface area (Å²) in [7, 11) is 0. The third-order valence-corrected chi connectivity index (χ3v) is 3.48. The van der Waals surface area contributed by atoms with Gasteiger partial charge in [-0.2, -0.15) is 0 Å². The molecule has 2 heterocycles. The standard InChI is InChI=1S/C13H21N3O/c1-2-15(12-6-7-14-11-12)9-10-16-8-4-3-5-13(16)17/h3-5,8,12,14H,2,6-7,9-11H2,1H3. The predicted molar refractivity (Wildman–Crippen MR) is 69.2 cm³/mol. The zero-order valence-corrected chi connectivity index (χ0v) is 10.4. The summed E-state index contributed by atoms with van der Waals surface area (Å²) < 4.78 is 1.78. The van der Waals surface area contributed by atoms with E-state index in [9.17, 15) is 4.79 Å². The third kappa shape index (κ3) is 3.17. The molecule has 17 heavy (non-hydrogen) atoms. The van der Waals surface area contributed by atoms with Crippen LogP contribution in [0.3, 0.4) is 0 Å². The van der Waals surface area contributed by atoms with Crippen molar-refractivity contribution >= 4 is 0 Å². The van der Waals surface area contributed by atoms with E-state index in [1.165, 1.54) is 6.42 Å². The molecule has 1 saturated heterocycles. The summed E-state index contributed by atoms with van der Waals surface area (Å²) in [6.45, 7) is 7.17. The Labute approximate surface area is 102 Å². The van der Waals surface area contributed by atoms with Crippen molar-refractivity contribution in [2.24, 2.45) is 0 Å². The first kappa shape index (κ1) is 12.3. The molecule has 0 saturated carbocycles. The summed E-state index contributed by atoms with van der Waals surface area (Å²) in [5.41, 5.74) is 0.0908. The number of pyridine rings is 1. The van der Waals surface area contributed by atoms with Crippen molar-refractivity contribution in [2.45, 2.75) is 25.9 Å². The predicted octanol–water partition coefficient (Wildman–Crippen LogP) is 0.532. The molecule has 1 N–H and O–H groups in total. The second kappa shape index (κ2) is 5.98. The summed E-state index contributed by atoms with van der Waals surface area (Å²) in [6.07, 6.45) is 3.08. The molecule has 1 aliphatic rings. The first-order valence-electron chi connectivity index (χ1n) is 6.41. The average Bonchev–Trinajstić information content (AvgIpc) is 2.86. The quantitative estimate of drug-likeness (QED) is 0.809. The monoisotopic (exact) mass is 235 g/mol. The molecule has 1 atom stereocenters. The van der Waals surface area contributed by atoms with E-state index < -0.39 is 0 Å². The van der Waals surface area contributed by atoms with Crippen LogP contribution in [0.1, 0.15) is 13.3 Å². The highest BCUT2D eigenvalue weighted by Crippen LogP contribution is 2.07. The van der Waals surface area contributed by atoms with Crippen LogP contribution >= 0.6 is 0 Å². The second-order valence-electron chi connectivity index (χ2n) is 4.51. The van der Waals surface area contributed by atoms with Crippen LogP contribution in [0.25, 0.3) is 0 Å². The van der Waals surface area contributed by atoms with Gasteiger partial charge in [0.1, 0.15) is 0 Å². The molecule has 0 bridgehead atoms. The Morgan fingerprint density at radius 3 is 3.06 bits per heavy atom. The molecule has 1 aromatic rings. The molecule has 4 heteroatoms. The van der Waals surface area contributed by atoms with Crippen LogP contribution in [0.4, 0.5) is 0 Å². The lowest BCUT2D eigenvalue weighted by Crippen LogP contribution is -2.39. The lowest BCUT2D eigenvalue weighted by molar-refractivity contribution is 0.210. The highest BCUT2D eigenvalue weighted by molar-refractivity contribution is 4.93. The number of hydrogen-bond donors (Lipinski definition) is 1. The van der Waals surface area contributed by atoms with E-state index in [1.807, 2.05) is 12.3 Å².